The van der Waals surface area contributed by atoms with E-state index in [1.165, 1.54) is 12.8 Å². The van der Waals surface area contributed by atoms with Crippen molar-refractivity contribution in [2.24, 2.45) is 11.7 Å². The number of rotatable bonds is 3. The molecule has 0 saturated heterocycles. The fraction of sp³-hybridized carbons (Fsp3) is 0.417. The van der Waals surface area contributed by atoms with Gasteiger partial charge >= 0.3 is 0 Å². The third-order valence-electron chi connectivity index (χ3n) is 2.23. The zero-order chi connectivity index (χ0) is 10.5. The second-order valence-electron chi connectivity index (χ2n) is 3.67. The first kappa shape index (κ1) is 10.0. The van der Waals surface area contributed by atoms with Gasteiger partial charge in [-0.25, -0.2) is 0 Å². The molecular formula is C12H14N2O. The van der Waals surface area contributed by atoms with Crippen molar-refractivity contribution in [2.75, 3.05) is 13.2 Å². The average molecular weight is 202 g/mol. The van der Waals surface area contributed by atoms with Crippen molar-refractivity contribution in [1.29, 1.82) is 0 Å². The van der Waals surface area contributed by atoms with Crippen molar-refractivity contribution in [1.82, 2.24) is 4.98 Å². The highest BCUT2D eigenvalue weighted by molar-refractivity contribution is 5.36. The molecule has 1 aromatic heterocycles. The Bertz CT molecular complexity index is 388. The summed E-state index contributed by atoms with van der Waals surface area (Å²) < 4.78 is 5.59. The van der Waals surface area contributed by atoms with Crippen molar-refractivity contribution in [3.63, 3.8) is 0 Å². The zero-order valence-corrected chi connectivity index (χ0v) is 8.57. The van der Waals surface area contributed by atoms with Gasteiger partial charge in [-0.15, -0.1) is 0 Å². The van der Waals surface area contributed by atoms with Crippen LogP contribution in [-0.2, 0) is 0 Å². The number of aromatic nitrogens is 1. The minimum Gasteiger partial charge on any atom is -0.492 e. The van der Waals surface area contributed by atoms with Crippen LogP contribution in [-0.4, -0.2) is 18.1 Å². The summed E-state index contributed by atoms with van der Waals surface area (Å²) in [6.07, 6.45) is 6.02. The van der Waals surface area contributed by atoms with Crippen LogP contribution in [0.15, 0.2) is 18.5 Å². The summed E-state index contributed by atoms with van der Waals surface area (Å²) in [7, 11) is 0. The first-order valence-electron chi connectivity index (χ1n) is 5.15. The van der Waals surface area contributed by atoms with E-state index in [9.17, 15) is 0 Å². The second kappa shape index (κ2) is 4.81. The smallest absolute Gasteiger partial charge is 0.138 e. The third kappa shape index (κ3) is 3.26. The van der Waals surface area contributed by atoms with E-state index in [-0.39, 0.29) is 0 Å². The molecule has 3 nitrogen and oxygen atoms in total. The molecule has 1 saturated carbocycles. The number of pyridine rings is 1. The van der Waals surface area contributed by atoms with Gasteiger partial charge in [0.15, 0.2) is 0 Å². The number of hydrogen-bond donors (Lipinski definition) is 1. The maximum absolute atomic E-state index is 5.59. The molecule has 1 aromatic rings. The van der Waals surface area contributed by atoms with Crippen molar-refractivity contribution in [3.8, 4) is 17.6 Å². The highest BCUT2D eigenvalue weighted by Gasteiger charge is 2.21. The van der Waals surface area contributed by atoms with E-state index in [4.69, 9.17) is 10.5 Å². The zero-order valence-electron chi connectivity index (χ0n) is 8.57. The Balaban J connectivity index is 1.97. The highest BCUT2D eigenvalue weighted by Crippen LogP contribution is 2.29. The average Bonchev–Trinajstić information content (AvgIpc) is 3.08. The quantitative estimate of drug-likeness (QED) is 0.749. The maximum atomic E-state index is 5.59. The molecule has 78 valence electrons. The van der Waals surface area contributed by atoms with Crippen molar-refractivity contribution in [2.45, 2.75) is 12.8 Å². The summed E-state index contributed by atoms with van der Waals surface area (Å²) >= 11 is 0. The van der Waals surface area contributed by atoms with E-state index in [0.717, 1.165) is 23.8 Å². The molecule has 2 N–H and O–H groups in total. The number of nitrogens with two attached hydrogens (primary N) is 1. The molecule has 0 spiro atoms. The molecule has 1 aliphatic rings. The molecular weight excluding hydrogens is 188 g/mol. The summed E-state index contributed by atoms with van der Waals surface area (Å²) in [5.41, 5.74) is 6.15. The van der Waals surface area contributed by atoms with Crippen LogP contribution in [0.4, 0.5) is 0 Å². The number of ether oxygens (including phenoxy) is 1. The minimum absolute atomic E-state index is 0.368. The molecule has 2 rings (SSSR count). The lowest BCUT2D eigenvalue weighted by molar-refractivity contribution is 0.298. The molecule has 0 aliphatic heterocycles. The van der Waals surface area contributed by atoms with E-state index in [0.29, 0.717) is 6.54 Å². The largest absolute Gasteiger partial charge is 0.492 e. The van der Waals surface area contributed by atoms with Crippen molar-refractivity contribution < 1.29 is 4.74 Å². The Hall–Kier alpha value is -1.53. The molecule has 0 amide bonds. The maximum Gasteiger partial charge on any atom is 0.138 e. The van der Waals surface area contributed by atoms with Gasteiger partial charge in [0.25, 0.3) is 0 Å². The number of nitrogens with zero attached hydrogens (tertiary/aromatic N) is 1. The first-order valence-corrected chi connectivity index (χ1v) is 5.15. The van der Waals surface area contributed by atoms with Crippen molar-refractivity contribution >= 4 is 0 Å². The van der Waals surface area contributed by atoms with Gasteiger partial charge < -0.3 is 10.5 Å². The van der Waals surface area contributed by atoms with E-state index in [1.54, 1.807) is 12.4 Å². The van der Waals surface area contributed by atoms with Gasteiger partial charge in [-0.2, -0.15) is 0 Å². The van der Waals surface area contributed by atoms with Crippen molar-refractivity contribution in [3.05, 3.63) is 24.0 Å². The molecule has 0 radical (unpaired) electrons. The third-order valence-corrected chi connectivity index (χ3v) is 2.23. The van der Waals surface area contributed by atoms with E-state index in [2.05, 4.69) is 16.8 Å². The van der Waals surface area contributed by atoms with Gasteiger partial charge in [0.2, 0.25) is 0 Å². The lowest BCUT2D eigenvalue weighted by atomic mass is 10.3. The van der Waals surface area contributed by atoms with Gasteiger partial charge in [0, 0.05) is 11.8 Å². The van der Waals surface area contributed by atoms with Gasteiger partial charge in [0.1, 0.15) is 5.75 Å². The van der Waals surface area contributed by atoms with Crippen LogP contribution in [0.1, 0.15) is 18.4 Å². The van der Waals surface area contributed by atoms with Crippen LogP contribution < -0.4 is 10.5 Å². The lowest BCUT2D eigenvalue weighted by Gasteiger charge is -2.03. The molecule has 15 heavy (non-hydrogen) atoms. The fourth-order valence-corrected chi connectivity index (χ4v) is 1.22. The molecule has 1 aliphatic carbocycles. The molecule has 0 atom stereocenters. The predicted molar refractivity (Wildman–Crippen MR) is 58.4 cm³/mol. The molecule has 0 bridgehead atoms. The second-order valence-corrected chi connectivity index (χ2v) is 3.67. The topological polar surface area (TPSA) is 48.1 Å². The van der Waals surface area contributed by atoms with Crippen LogP contribution in [0.25, 0.3) is 0 Å². The Morgan fingerprint density at radius 3 is 3.07 bits per heavy atom. The number of hydrogen-bond acceptors (Lipinski definition) is 3. The highest BCUT2D eigenvalue weighted by atomic mass is 16.5. The van der Waals surface area contributed by atoms with E-state index >= 15 is 0 Å². The Labute approximate surface area is 89.7 Å². The minimum atomic E-state index is 0.368. The molecule has 1 heterocycles. The standard InChI is InChI=1S/C12H14N2O/c13-5-1-2-11-6-12(8-14-7-11)15-9-10-3-4-10/h6-8,10H,3-5,9,13H2. The summed E-state index contributed by atoms with van der Waals surface area (Å²) in [6, 6.07) is 1.90. The Morgan fingerprint density at radius 2 is 2.33 bits per heavy atom. The summed E-state index contributed by atoms with van der Waals surface area (Å²) in [5.74, 6) is 7.27. The molecule has 3 heteroatoms. The first-order chi connectivity index (χ1) is 7.38. The van der Waals surface area contributed by atoms with Crippen LogP contribution >= 0.6 is 0 Å². The fourth-order valence-electron chi connectivity index (χ4n) is 1.22. The molecule has 1 fully saturated rings. The normalized spacial score (nSPS) is 14.2. The predicted octanol–water partition coefficient (Wildman–Crippen LogP) is 1.18. The Kier molecular flexibility index (Phi) is 3.21. The van der Waals surface area contributed by atoms with Crippen LogP contribution in [0.5, 0.6) is 5.75 Å². The van der Waals surface area contributed by atoms with Crippen LogP contribution in [0.3, 0.4) is 0 Å². The van der Waals surface area contributed by atoms with Crippen LogP contribution in [0, 0.1) is 17.8 Å². The van der Waals surface area contributed by atoms with Gasteiger partial charge in [-0.1, -0.05) is 11.8 Å². The summed E-state index contributed by atoms with van der Waals surface area (Å²) in [5, 5.41) is 0. The monoisotopic (exact) mass is 202 g/mol. The van der Waals surface area contributed by atoms with E-state index < -0.39 is 0 Å². The summed E-state index contributed by atoms with van der Waals surface area (Å²) in [4.78, 5) is 4.07. The lowest BCUT2D eigenvalue weighted by Crippen LogP contribution is -1.99. The SMILES string of the molecule is NCC#Cc1cncc(OCC2CC2)c1. The molecule has 0 aromatic carbocycles. The van der Waals surface area contributed by atoms with E-state index in [1.807, 2.05) is 6.07 Å². The summed E-state index contributed by atoms with van der Waals surface area (Å²) in [6.45, 7) is 1.17. The van der Waals surface area contributed by atoms with Gasteiger partial charge in [-0.05, 0) is 24.8 Å². The van der Waals surface area contributed by atoms with Gasteiger partial charge in [0.05, 0.1) is 19.3 Å². The van der Waals surface area contributed by atoms with Crippen LogP contribution in [0.2, 0.25) is 0 Å². The Morgan fingerprint density at radius 1 is 1.47 bits per heavy atom. The van der Waals surface area contributed by atoms with Gasteiger partial charge in [-0.3, -0.25) is 4.98 Å². The molecule has 0 unspecified atom stereocenters.